The van der Waals surface area contributed by atoms with Crippen LogP contribution in [0, 0.1) is 6.92 Å². The van der Waals surface area contributed by atoms with Crippen LogP contribution in [0.2, 0.25) is 0 Å². The zero-order chi connectivity index (χ0) is 10.7. The van der Waals surface area contributed by atoms with Gasteiger partial charge < -0.3 is 5.73 Å². The first-order valence-corrected chi connectivity index (χ1v) is 4.98. The van der Waals surface area contributed by atoms with Crippen LogP contribution in [0.4, 0.5) is 0 Å². The molecule has 0 aliphatic heterocycles. The quantitative estimate of drug-likeness (QED) is 0.787. The second kappa shape index (κ2) is 4.23. The molecule has 4 heteroatoms. The lowest BCUT2D eigenvalue weighted by atomic mass is 10.0. The van der Waals surface area contributed by atoms with Gasteiger partial charge in [0.05, 0.1) is 5.69 Å². The minimum atomic E-state index is 0.589. The Morgan fingerprint density at radius 1 is 1.27 bits per heavy atom. The molecular weight excluding hydrogens is 188 g/mol. The molecule has 0 saturated heterocycles. The molecule has 0 bridgehead atoms. The molecule has 1 aromatic carbocycles. The summed E-state index contributed by atoms with van der Waals surface area (Å²) in [5.74, 6) is 0. The van der Waals surface area contributed by atoms with Crippen molar-refractivity contribution in [3.8, 4) is 11.3 Å². The highest BCUT2D eigenvalue weighted by molar-refractivity contribution is 5.64. The number of aryl methyl sites for hydroxylation is 1. The lowest BCUT2D eigenvalue weighted by molar-refractivity contribution is 0.877. The summed E-state index contributed by atoms with van der Waals surface area (Å²) in [5.41, 5.74) is 9.69. The number of aromatic amines is 1. The lowest BCUT2D eigenvalue weighted by Crippen LogP contribution is -2.04. The van der Waals surface area contributed by atoms with E-state index in [1.165, 1.54) is 5.56 Å². The fraction of sp³-hybridized carbons (Fsp3) is 0.273. The summed E-state index contributed by atoms with van der Waals surface area (Å²) in [4.78, 5) is 0. The summed E-state index contributed by atoms with van der Waals surface area (Å²) in [6, 6.07) is 8.13. The molecule has 1 heterocycles. The predicted octanol–water partition coefficient (Wildman–Crippen LogP) is 1.28. The Bertz CT molecular complexity index is 447. The molecule has 2 rings (SSSR count). The zero-order valence-corrected chi connectivity index (χ0v) is 8.70. The van der Waals surface area contributed by atoms with E-state index in [4.69, 9.17) is 5.73 Å². The summed E-state index contributed by atoms with van der Waals surface area (Å²) in [6.07, 6.45) is 0.750. The number of rotatable bonds is 3. The number of benzene rings is 1. The van der Waals surface area contributed by atoms with Crippen LogP contribution in [-0.4, -0.2) is 22.0 Å². The molecule has 4 nitrogen and oxygen atoms in total. The van der Waals surface area contributed by atoms with E-state index in [1.54, 1.807) is 0 Å². The van der Waals surface area contributed by atoms with Crippen LogP contribution in [0.3, 0.4) is 0 Å². The maximum absolute atomic E-state index is 5.52. The third-order valence-corrected chi connectivity index (χ3v) is 2.40. The van der Waals surface area contributed by atoms with Crippen molar-refractivity contribution < 1.29 is 0 Å². The van der Waals surface area contributed by atoms with Gasteiger partial charge in [-0.15, -0.1) is 0 Å². The van der Waals surface area contributed by atoms with Gasteiger partial charge in [-0.1, -0.05) is 24.3 Å². The third-order valence-electron chi connectivity index (χ3n) is 2.40. The van der Waals surface area contributed by atoms with E-state index in [0.29, 0.717) is 6.54 Å². The van der Waals surface area contributed by atoms with Crippen molar-refractivity contribution in [2.24, 2.45) is 5.73 Å². The Labute approximate surface area is 88.5 Å². The summed E-state index contributed by atoms with van der Waals surface area (Å²) in [7, 11) is 0. The number of hydrogen-bond donors (Lipinski definition) is 2. The average molecular weight is 202 g/mol. The van der Waals surface area contributed by atoms with Gasteiger partial charge in [0.25, 0.3) is 0 Å². The van der Waals surface area contributed by atoms with Crippen LogP contribution in [0.5, 0.6) is 0 Å². The van der Waals surface area contributed by atoms with E-state index < -0.39 is 0 Å². The van der Waals surface area contributed by atoms with Gasteiger partial charge in [0.1, 0.15) is 5.69 Å². The van der Waals surface area contributed by atoms with Crippen LogP contribution in [0.15, 0.2) is 24.3 Å². The number of nitrogens with two attached hydrogens (primary N) is 1. The van der Waals surface area contributed by atoms with Gasteiger partial charge in [0, 0.05) is 12.0 Å². The van der Waals surface area contributed by atoms with Gasteiger partial charge >= 0.3 is 0 Å². The van der Waals surface area contributed by atoms with Crippen molar-refractivity contribution in [2.75, 3.05) is 6.54 Å². The van der Waals surface area contributed by atoms with Gasteiger partial charge in [-0.05, 0) is 19.0 Å². The second-order valence-corrected chi connectivity index (χ2v) is 3.47. The van der Waals surface area contributed by atoms with Crippen molar-refractivity contribution in [3.05, 3.63) is 35.5 Å². The van der Waals surface area contributed by atoms with E-state index in [1.807, 2.05) is 18.2 Å². The van der Waals surface area contributed by atoms with Gasteiger partial charge in [-0.25, -0.2) is 0 Å². The molecule has 0 amide bonds. The average Bonchev–Trinajstić information content (AvgIpc) is 2.67. The summed E-state index contributed by atoms with van der Waals surface area (Å²) >= 11 is 0. The number of aromatic nitrogens is 3. The minimum Gasteiger partial charge on any atom is -0.330 e. The number of hydrogen-bond acceptors (Lipinski definition) is 3. The number of H-pyrrole nitrogens is 1. The smallest absolute Gasteiger partial charge is 0.116 e. The maximum atomic E-state index is 5.52. The van der Waals surface area contributed by atoms with Crippen LogP contribution >= 0.6 is 0 Å². The number of nitrogens with one attached hydrogen (secondary N) is 1. The Morgan fingerprint density at radius 2 is 2.07 bits per heavy atom. The fourth-order valence-corrected chi connectivity index (χ4v) is 1.62. The maximum Gasteiger partial charge on any atom is 0.116 e. The van der Waals surface area contributed by atoms with Crippen LogP contribution in [0.1, 0.15) is 11.3 Å². The molecule has 0 atom stereocenters. The normalized spacial score (nSPS) is 10.5. The van der Waals surface area contributed by atoms with Crippen molar-refractivity contribution >= 4 is 0 Å². The highest BCUT2D eigenvalue weighted by Crippen LogP contribution is 2.22. The molecule has 0 spiro atoms. The van der Waals surface area contributed by atoms with E-state index >= 15 is 0 Å². The Morgan fingerprint density at radius 3 is 2.80 bits per heavy atom. The molecule has 15 heavy (non-hydrogen) atoms. The molecule has 0 unspecified atom stereocenters. The highest BCUT2D eigenvalue weighted by Gasteiger charge is 2.10. The van der Waals surface area contributed by atoms with Crippen LogP contribution in [0.25, 0.3) is 11.3 Å². The summed E-state index contributed by atoms with van der Waals surface area (Å²) in [5, 5.41) is 10.9. The van der Waals surface area contributed by atoms with Gasteiger partial charge in [-0.2, -0.15) is 15.4 Å². The lowest BCUT2D eigenvalue weighted by Gasteiger charge is -2.03. The zero-order valence-electron chi connectivity index (χ0n) is 8.70. The van der Waals surface area contributed by atoms with E-state index in [2.05, 4.69) is 28.4 Å². The van der Waals surface area contributed by atoms with Crippen molar-refractivity contribution in [1.29, 1.82) is 0 Å². The Kier molecular flexibility index (Phi) is 2.78. The molecule has 3 N–H and O–H groups in total. The molecule has 78 valence electrons. The van der Waals surface area contributed by atoms with Crippen molar-refractivity contribution in [3.63, 3.8) is 0 Å². The van der Waals surface area contributed by atoms with Gasteiger partial charge in [-0.3, -0.25) is 0 Å². The Hall–Kier alpha value is -1.68. The van der Waals surface area contributed by atoms with Gasteiger partial charge in [0.15, 0.2) is 0 Å². The monoisotopic (exact) mass is 202 g/mol. The second-order valence-electron chi connectivity index (χ2n) is 3.47. The standard InChI is InChI=1S/C11H14N4/c1-8-4-2-3-5-9(8)11-10(6-7-12)13-15-14-11/h2-5H,6-7,12H2,1H3,(H,13,14,15). The molecule has 1 aromatic heterocycles. The molecular formula is C11H14N4. The first kappa shape index (κ1) is 9.86. The predicted molar refractivity (Wildman–Crippen MR) is 59.3 cm³/mol. The molecule has 0 fully saturated rings. The SMILES string of the molecule is Cc1ccccc1-c1n[nH]nc1CCN. The molecule has 2 aromatic rings. The molecule has 0 radical (unpaired) electrons. The number of nitrogens with zero attached hydrogens (tertiary/aromatic N) is 2. The summed E-state index contributed by atoms with van der Waals surface area (Å²) in [6.45, 7) is 2.65. The molecule has 0 aliphatic rings. The minimum absolute atomic E-state index is 0.589. The summed E-state index contributed by atoms with van der Waals surface area (Å²) < 4.78 is 0. The van der Waals surface area contributed by atoms with Crippen molar-refractivity contribution in [1.82, 2.24) is 15.4 Å². The van der Waals surface area contributed by atoms with Crippen molar-refractivity contribution in [2.45, 2.75) is 13.3 Å². The highest BCUT2D eigenvalue weighted by atomic mass is 15.3. The largest absolute Gasteiger partial charge is 0.330 e. The topological polar surface area (TPSA) is 67.6 Å². The van der Waals surface area contributed by atoms with Gasteiger partial charge in [0.2, 0.25) is 0 Å². The first-order chi connectivity index (χ1) is 7.33. The van der Waals surface area contributed by atoms with E-state index in [9.17, 15) is 0 Å². The van der Waals surface area contributed by atoms with E-state index in [0.717, 1.165) is 23.4 Å². The van der Waals surface area contributed by atoms with E-state index in [-0.39, 0.29) is 0 Å². The Balaban J connectivity index is 2.45. The fourth-order valence-electron chi connectivity index (χ4n) is 1.62. The van der Waals surface area contributed by atoms with Crippen LogP contribution < -0.4 is 5.73 Å². The van der Waals surface area contributed by atoms with Crippen LogP contribution in [-0.2, 0) is 6.42 Å². The molecule has 0 aliphatic carbocycles. The molecule has 0 saturated carbocycles. The first-order valence-electron chi connectivity index (χ1n) is 4.98. The third kappa shape index (κ3) is 1.89.